The van der Waals surface area contributed by atoms with Crippen molar-refractivity contribution in [2.24, 2.45) is 17.8 Å². The first-order chi connectivity index (χ1) is 40.7. The highest BCUT2D eigenvalue weighted by molar-refractivity contribution is 7.13. The molecule has 19 nitrogen and oxygen atoms in total. The number of thiazole rings is 1. The molecular weight excluding hydrogens is 1080 g/mol. The van der Waals surface area contributed by atoms with E-state index in [2.05, 4.69) is 74.5 Å². The number of carbonyl (C=O) groups is 2. The van der Waals surface area contributed by atoms with Crippen LogP contribution in [0.1, 0.15) is 120 Å². The van der Waals surface area contributed by atoms with Crippen molar-refractivity contribution < 1.29 is 33.8 Å². The maximum atomic E-state index is 14.6. The number of piperazine rings is 1. The molecule has 2 saturated carbocycles. The van der Waals surface area contributed by atoms with Gasteiger partial charge >= 0.3 is 0 Å². The van der Waals surface area contributed by atoms with Crippen LogP contribution in [0.15, 0.2) is 89.0 Å². The van der Waals surface area contributed by atoms with E-state index in [1.165, 1.54) is 12.8 Å². The minimum absolute atomic E-state index is 0.0855. The van der Waals surface area contributed by atoms with Gasteiger partial charge in [0.2, 0.25) is 17.7 Å². The molecule has 0 radical (unpaired) electrons. The molecule has 20 heteroatoms. The highest BCUT2D eigenvalue weighted by Crippen LogP contribution is 2.43. The second-order valence-corrected chi connectivity index (χ2v) is 26.3. The zero-order chi connectivity index (χ0) is 57.8. The van der Waals surface area contributed by atoms with Crippen LogP contribution in [-0.4, -0.2) is 152 Å². The van der Waals surface area contributed by atoms with Gasteiger partial charge in [0.25, 0.3) is 0 Å². The van der Waals surface area contributed by atoms with Gasteiger partial charge in [0.1, 0.15) is 23.8 Å². The number of aryl methyl sites for hydroxylation is 1. The maximum Gasteiger partial charge on any atom is 0.243 e. The molecule has 2 aromatic carbocycles. The lowest BCUT2D eigenvalue weighted by Gasteiger charge is -2.43. The van der Waals surface area contributed by atoms with Crippen molar-refractivity contribution in [3.63, 3.8) is 0 Å². The Kier molecular flexibility index (Phi) is 16.0. The van der Waals surface area contributed by atoms with Crippen LogP contribution in [0, 0.1) is 24.7 Å². The summed E-state index contributed by atoms with van der Waals surface area (Å²) in [5.41, 5.74) is 14.5. The Balaban J connectivity index is 0.558. The lowest BCUT2D eigenvalue weighted by atomic mass is 9.91. The van der Waals surface area contributed by atoms with Gasteiger partial charge in [0.15, 0.2) is 17.4 Å². The molecule has 0 spiro atoms. The molecule has 84 heavy (non-hydrogen) atoms. The molecule has 8 aliphatic rings. The number of β-amino-alcohol motifs (C(OH)–C–C–N with tert-alkyl or cyclic N) is 1. The Labute approximate surface area is 495 Å². The number of aliphatic hydroxyl groups is 1. The molecule has 6 aliphatic heterocycles. The number of para-hydroxylation sites is 1. The highest BCUT2D eigenvalue weighted by Gasteiger charge is 2.46. The van der Waals surface area contributed by atoms with E-state index in [4.69, 9.17) is 19.7 Å². The monoisotopic (exact) mass is 1160 g/mol. The van der Waals surface area contributed by atoms with Crippen molar-refractivity contribution in [2.75, 3.05) is 66.2 Å². The molecule has 4 bridgehead atoms. The standard InChI is InChI=1S/C64H80N12O7S/c1-37(2)60(64(80)75-35-48(77)26-55(75)63(79)68-38(3)42-10-12-43(13-11-42)61-39(4)67-36-84-61)57-30-58(71-83-57)74-32-40-9-14-44(74)24-41(23-40)31-72-21-18-49(19-22-72)81-50-27-51(28-50)82-59-25-45(17-20-66-59)76-46-15-16-47(76)34-73(33-46)54-29-53(69-70-62(54)65)52-7-5-6-8-56(52)78/h5-8,10-13,17,20,25,29-30,36-38,40-41,44,46-51,55,60,77-78H,9,14-16,18-19,21-24,26-28,31-35H2,1-4H3,(H2,65,70)(H,68,79)/t38-,40?,41?,44?,46?,47?,48+,50-,51-,55-,60+/m0/s1. The minimum Gasteiger partial charge on any atom is -0.507 e. The van der Waals surface area contributed by atoms with E-state index in [0.29, 0.717) is 58.7 Å². The van der Waals surface area contributed by atoms with Crippen molar-refractivity contribution in [3.05, 3.63) is 102 Å². The van der Waals surface area contributed by atoms with Crippen LogP contribution >= 0.6 is 11.3 Å². The number of rotatable bonds is 17. The molecule has 9 atom stereocenters. The summed E-state index contributed by atoms with van der Waals surface area (Å²) in [4.78, 5) is 50.2. The fourth-order valence-electron chi connectivity index (χ4n) is 15.0. The number of aliphatic hydroxyl groups excluding tert-OH is 1. The number of hydrogen-bond acceptors (Lipinski definition) is 18. The van der Waals surface area contributed by atoms with Gasteiger partial charge in [-0.15, -0.1) is 21.5 Å². The Bertz CT molecular complexity index is 3280. The Morgan fingerprint density at radius 2 is 1.61 bits per heavy atom. The van der Waals surface area contributed by atoms with E-state index in [1.54, 1.807) is 28.4 Å². The van der Waals surface area contributed by atoms with Gasteiger partial charge in [-0.25, -0.2) is 9.97 Å². The summed E-state index contributed by atoms with van der Waals surface area (Å²) in [6, 6.07) is 23.3. The third-order valence-corrected chi connectivity index (χ3v) is 20.3. The Morgan fingerprint density at radius 3 is 2.36 bits per heavy atom. The quantitative estimate of drug-likeness (QED) is 0.0670. The summed E-state index contributed by atoms with van der Waals surface area (Å²) < 4.78 is 19.3. The third-order valence-electron chi connectivity index (χ3n) is 19.4. The van der Waals surface area contributed by atoms with Gasteiger partial charge in [-0.1, -0.05) is 55.4 Å². The molecule has 6 aromatic rings. The number of nitrogens with one attached hydrogen (secondary N) is 1. The van der Waals surface area contributed by atoms with Crippen molar-refractivity contribution >= 4 is 46.2 Å². The van der Waals surface area contributed by atoms with Crippen LogP contribution < -0.4 is 30.5 Å². The van der Waals surface area contributed by atoms with Crippen molar-refractivity contribution in [2.45, 2.75) is 159 Å². The summed E-state index contributed by atoms with van der Waals surface area (Å²) in [5, 5.41) is 37.8. The molecule has 14 rings (SSSR count). The number of fused-ring (bicyclic) bond motifs is 6. The van der Waals surface area contributed by atoms with E-state index in [0.717, 1.165) is 130 Å². The fourth-order valence-corrected chi connectivity index (χ4v) is 15.8. The molecule has 8 fully saturated rings. The van der Waals surface area contributed by atoms with E-state index in [1.807, 2.05) is 75.8 Å². The normalized spacial score (nSPS) is 27.0. The Hall–Kier alpha value is -6.87. The predicted molar refractivity (Wildman–Crippen MR) is 323 cm³/mol. The van der Waals surface area contributed by atoms with Gasteiger partial charge in [-0.2, -0.15) is 0 Å². The number of benzene rings is 2. The molecular formula is C64H80N12O7S. The van der Waals surface area contributed by atoms with Gasteiger partial charge in [0.05, 0.1) is 51.8 Å². The van der Waals surface area contributed by atoms with Gasteiger partial charge in [-0.05, 0) is 118 Å². The minimum atomic E-state index is -0.803. The number of hydrogen-bond donors (Lipinski definition) is 4. The number of amides is 2. The number of ether oxygens (including phenoxy) is 2. The second kappa shape index (κ2) is 23.9. The number of phenols is 1. The highest BCUT2D eigenvalue weighted by atomic mass is 32.1. The van der Waals surface area contributed by atoms with Crippen LogP contribution in [-0.2, 0) is 14.3 Å². The largest absolute Gasteiger partial charge is 0.507 e. The zero-order valence-electron chi connectivity index (χ0n) is 48.7. The van der Waals surface area contributed by atoms with Crippen LogP contribution in [0.25, 0.3) is 21.7 Å². The molecule has 5 unspecified atom stereocenters. The van der Waals surface area contributed by atoms with Gasteiger partial charge in [-0.3, -0.25) is 9.59 Å². The Morgan fingerprint density at radius 1 is 0.833 bits per heavy atom. The first kappa shape index (κ1) is 56.3. The number of pyridine rings is 1. The fraction of sp³-hybridized carbons (Fsp3) is 0.547. The zero-order valence-corrected chi connectivity index (χ0v) is 49.5. The number of piperidine rings is 2. The molecule has 10 heterocycles. The number of nitrogens with zero attached hydrogens (tertiary/aromatic N) is 10. The molecule has 5 N–H and O–H groups in total. The van der Waals surface area contributed by atoms with Crippen molar-refractivity contribution in [1.82, 2.24) is 40.4 Å². The predicted octanol–water partition coefficient (Wildman–Crippen LogP) is 8.77. The molecule has 444 valence electrons. The summed E-state index contributed by atoms with van der Waals surface area (Å²) >= 11 is 1.60. The van der Waals surface area contributed by atoms with Crippen molar-refractivity contribution in [3.8, 4) is 33.3 Å². The van der Waals surface area contributed by atoms with E-state index in [9.17, 15) is 19.8 Å². The first-order valence-electron chi connectivity index (χ1n) is 30.7. The average Bonchev–Trinajstić information content (AvgIpc) is 4.42. The molecule has 2 amide bonds. The van der Waals surface area contributed by atoms with E-state index in [-0.39, 0.29) is 60.8 Å². The van der Waals surface area contributed by atoms with Crippen molar-refractivity contribution in [1.29, 1.82) is 0 Å². The van der Waals surface area contributed by atoms with Crippen LogP contribution in [0.3, 0.4) is 0 Å². The number of aromatic nitrogens is 5. The molecule has 4 aromatic heterocycles. The summed E-state index contributed by atoms with van der Waals surface area (Å²) in [6.45, 7) is 13.7. The number of anilines is 4. The van der Waals surface area contributed by atoms with Crippen LogP contribution in [0.4, 0.5) is 23.0 Å². The lowest BCUT2D eigenvalue weighted by Crippen LogP contribution is -2.54. The van der Waals surface area contributed by atoms with Gasteiger partial charge < -0.3 is 59.8 Å². The van der Waals surface area contributed by atoms with Crippen LogP contribution in [0.2, 0.25) is 0 Å². The average molecular weight is 1160 g/mol. The number of nitrogen functional groups attached to an aromatic ring is 1. The summed E-state index contributed by atoms with van der Waals surface area (Å²) in [6.07, 6.45) is 12.4. The first-order valence-corrected chi connectivity index (χ1v) is 31.6. The van der Waals surface area contributed by atoms with Crippen LogP contribution in [0.5, 0.6) is 11.6 Å². The summed E-state index contributed by atoms with van der Waals surface area (Å²) in [5.74, 6) is 2.39. The van der Waals surface area contributed by atoms with E-state index < -0.39 is 18.1 Å². The number of likely N-dealkylation sites (tertiary alicyclic amines) is 2. The number of nitrogens with two attached hydrogens (primary N) is 1. The smallest absolute Gasteiger partial charge is 0.243 e. The number of phenolic OH excluding ortho intramolecular Hbond substituents is 1. The second-order valence-electron chi connectivity index (χ2n) is 25.4. The number of aromatic hydroxyl groups is 1. The van der Waals surface area contributed by atoms with E-state index >= 15 is 0 Å². The molecule has 2 aliphatic carbocycles. The molecule has 6 saturated heterocycles. The number of carbonyl (C=O) groups excluding carboxylic acids is 2. The topological polar surface area (TPSA) is 225 Å². The third kappa shape index (κ3) is 11.7. The maximum absolute atomic E-state index is 14.6. The summed E-state index contributed by atoms with van der Waals surface area (Å²) in [7, 11) is 0. The van der Waals surface area contributed by atoms with Gasteiger partial charge in [0, 0.05) is 113 Å². The SMILES string of the molecule is Cc1ncsc1-c1ccc([C@H](C)NC(=O)[C@@H]2C[C@@H](O)CN2C(=O)[C@@H](c2cc(N3CC4CCC3CC(CN3CCC(O[C@H]5C[C@H](Oc6cc(N7C8CCC7CN(c7cc(-c9ccccc9O)nnc7N)C8)ccn6)C5)CC3)C4)no2)C(C)C)cc1. The lowest BCUT2D eigenvalue weighted by molar-refractivity contribution is -0.141.